The molecule has 1 aliphatic heterocycles. The number of hydrogen-bond acceptors (Lipinski definition) is 2. The summed E-state index contributed by atoms with van der Waals surface area (Å²) in [6, 6.07) is 10.6. The molecule has 0 radical (unpaired) electrons. The third-order valence-corrected chi connectivity index (χ3v) is 6.56. The van der Waals surface area contributed by atoms with Crippen molar-refractivity contribution >= 4 is 0 Å². The molecule has 1 saturated heterocycles. The van der Waals surface area contributed by atoms with E-state index in [4.69, 9.17) is 4.74 Å². The molecule has 2 heteroatoms. The van der Waals surface area contributed by atoms with Crippen LogP contribution >= 0.6 is 0 Å². The molecule has 1 N–H and O–H groups in total. The van der Waals surface area contributed by atoms with Gasteiger partial charge in [-0.2, -0.15) is 0 Å². The maximum Gasteiger partial charge on any atom is 0.0859 e. The Morgan fingerprint density at radius 1 is 1.20 bits per heavy atom. The van der Waals surface area contributed by atoms with Crippen LogP contribution in [0.15, 0.2) is 30.3 Å². The lowest BCUT2D eigenvalue weighted by Gasteiger charge is -2.51. The van der Waals surface area contributed by atoms with Crippen molar-refractivity contribution < 1.29 is 9.84 Å². The summed E-state index contributed by atoms with van der Waals surface area (Å²) in [6.45, 7) is 5.29. The van der Waals surface area contributed by atoms with Crippen molar-refractivity contribution in [3.8, 4) is 0 Å². The lowest BCUT2D eigenvalue weighted by atomic mass is 9.60. The summed E-state index contributed by atoms with van der Waals surface area (Å²) in [6.07, 6.45) is 3.44. The standard InChI is InChI=1S/C18H24O2/c1-17(2)13-10-14-15(12-6-4-3-5-7-12)20-9-8-18(14,11-13)16(17)19/h3-7,13-16,19H,8-11H2,1-2H3/t13-,14-,15-,16-,18+/m1/s1. The quantitative estimate of drug-likeness (QED) is 0.847. The van der Waals surface area contributed by atoms with Crippen molar-refractivity contribution in [2.75, 3.05) is 6.61 Å². The van der Waals surface area contributed by atoms with Crippen LogP contribution in [0.3, 0.4) is 0 Å². The smallest absolute Gasteiger partial charge is 0.0859 e. The van der Waals surface area contributed by atoms with E-state index < -0.39 is 0 Å². The van der Waals surface area contributed by atoms with Crippen molar-refractivity contribution in [3.05, 3.63) is 35.9 Å². The Labute approximate surface area is 121 Å². The minimum atomic E-state index is -0.172. The summed E-state index contributed by atoms with van der Waals surface area (Å²) in [5.41, 5.74) is 1.47. The van der Waals surface area contributed by atoms with Gasteiger partial charge in [0.2, 0.25) is 0 Å². The average Bonchev–Trinajstić information content (AvgIpc) is 2.94. The molecule has 3 fully saturated rings. The molecule has 0 amide bonds. The van der Waals surface area contributed by atoms with Gasteiger partial charge in [-0.3, -0.25) is 0 Å². The average molecular weight is 272 g/mol. The van der Waals surface area contributed by atoms with E-state index in [2.05, 4.69) is 44.2 Å². The van der Waals surface area contributed by atoms with E-state index in [1.165, 1.54) is 18.4 Å². The highest BCUT2D eigenvalue weighted by molar-refractivity contribution is 5.24. The van der Waals surface area contributed by atoms with E-state index in [1.807, 2.05) is 0 Å². The number of hydrogen-bond donors (Lipinski definition) is 1. The van der Waals surface area contributed by atoms with Gasteiger partial charge in [0, 0.05) is 12.0 Å². The molecule has 2 bridgehead atoms. The van der Waals surface area contributed by atoms with Crippen molar-refractivity contribution in [1.82, 2.24) is 0 Å². The fourth-order valence-corrected chi connectivity index (χ4v) is 5.39. The fraction of sp³-hybridized carbons (Fsp3) is 0.667. The van der Waals surface area contributed by atoms with Crippen LogP contribution in [0, 0.1) is 22.7 Å². The summed E-state index contributed by atoms with van der Waals surface area (Å²) >= 11 is 0. The second-order valence-corrected chi connectivity index (χ2v) is 7.65. The highest BCUT2D eigenvalue weighted by Crippen LogP contribution is 2.70. The molecule has 4 rings (SSSR count). The lowest BCUT2D eigenvalue weighted by molar-refractivity contribution is -0.164. The van der Waals surface area contributed by atoms with Gasteiger partial charge in [0.25, 0.3) is 0 Å². The number of aliphatic hydroxyl groups is 1. The Morgan fingerprint density at radius 3 is 2.65 bits per heavy atom. The van der Waals surface area contributed by atoms with E-state index in [1.54, 1.807) is 0 Å². The van der Waals surface area contributed by atoms with Gasteiger partial charge in [-0.05, 0) is 42.1 Å². The lowest BCUT2D eigenvalue weighted by Crippen LogP contribution is -2.51. The predicted octanol–water partition coefficient (Wildman–Crippen LogP) is 3.56. The Morgan fingerprint density at radius 2 is 1.95 bits per heavy atom. The second kappa shape index (κ2) is 4.08. The monoisotopic (exact) mass is 272 g/mol. The first kappa shape index (κ1) is 12.8. The molecule has 2 aliphatic carbocycles. The summed E-state index contributed by atoms with van der Waals surface area (Å²) in [7, 11) is 0. The molecule has 0 unspecified atom stereocenters. The van der Waals surface area contributed by atoms with E-state index in [-0.39, 0.29) is 23.0 Å². The highest BCUT2D eigenvalue weighted by atomic mass is 16.5. The third kappa shape index (κ3) is 1.47. The van der Waals surface area contributed by atoms with Gasteiger partial charge in [0.05, 0.1) is 12.2 Å². The largest absolute Gasteiger partial charge is 0.392 e. The molecule has 5 atom stereocenters. The van der Waals surface area contributed by atoms with Crippen molar-refractivity contribution in [2.45, 2.75) is 45.3 Å². The van der Waals surface area contributed by atoms with Crippen molar-refractivity contribution in [3.63, 3.8) is 0 Å². The summed E-state index contributed by atoms with van der Waals surface area (Å²) < 4.78 is 6.13. The van der Waals surface area contributed by atoms with Gasteiger partial charge < -0.3 is 9.84 Å². The van der Waals surface area contributed by atoms with Crippen LogP contribution in [-0.4, -0.2) is 17.8 Å². The van der Waals surface area contributed by atoms with E-state index in [9.17, 15) is 5.11 Å². The predicted molar refractivity (Wildman–Crippen MR) is 78.2 cm³/mol. The molecular weight excluding hydrogens is 248 g/mol. The van der Waals surface area contributed by atoms with Crippen LogP contribution in [0.5, 0.6) is 0 Å². The normalized spacial score (nSPS) is 45.4. The first-order valence-corrected chi connectivity index (χ1v) is 7.90. The van der Waals surface area contributed by atoms with Gasteiger partial charge >= 0.3 is 0 Å². The Bertz CT molecular complexity index is 509. The molecule has 0 aromatic heterocycles. The van der Waals surface area contributed by atoms with E-state index in [0.717, 1.165) is 13.0 Å². The zero-order valence-corrected chi connectivity index (χ0v) is 12.4. The van der Waals surface area contributed by atoms with Gasteiger partial charge in [-0.1, -0.05) is 44.2 Å². The molecule has 108 valence electrons. The molecule has 2 saturated carbocycles. The third-order valence-electron chi connectivity index (χ3n) is 6.56. The Kier molecular flexibility index (Phi) is 2.62. The molecule has 2 nitrogen and oxygen atoms in total. The fourth-order valence-electron chi connectivity index (χ4n) is 5.39. The molecule has 20 heavy (non-hydrogen) atoms. The van der Waals surface area contributed by atoms with Gasteiger partial charge in [0.1, 0.15) is 0 Å². The zero-order valence-electron chi connectivity index (χ0n) is 12.4. The number of rotatable bonds is 1. The molecule has 1 aromatic rings. The number of ether oxygens (including phenoxy) is 1. The summed E-state index contributed by atoms with van der Waals surface area (Å²) in [5.74, 6) is 1.14. The summed E-state index contributed by atoms with van der Waals surface area (Å²) in [4.78, 5) is 0. The van der Waals surface area contributed by atoms with Crippen LogP contribution in [0.4, 0.5) is 0 Å². The minimum absolute atomic E-state index is 0.0785. The molecular formula is C18H24O2. The van der Waals surface area contributed by atoms with Crippen molar-refractivity contribution in [1.29, 1.82) is 0 Å². The molecule has 1 aromatic carbocycles. The van der Waals surface area contributed by atoms with Gasteiger partial charge in [0.15, 0.2) is 0 Å². The van der Waals surface area contributed by atoms with Crippen molar-refractivity contribution in [2.24, 2.45) is 22.7 Å². The summed E-state index contributed by atoms with van der Waals surface area (Å²) in [5, 5.41) is 10.9. The molecule has 1 spiro atoms. The first-order valence-electron chi connectivity index (χ1n) is 7.90. The molecule has 1 heterocycles. The van der Waals surface area contributed by atoms with E-state index >= 15 is 0 Å². The minimum Gasteiger partial charge on any atom is -0.392 e. The van der Waals surface area contributed by atoms with Crippen LogP contribution in [-0.2, 0) is 4.74 Å². The van der Waals surface area contributed by atoms with Gasteiger partial charge in [-0.25, -0.2) is 0 Å². The maximum atomic E-state index is 10.9. The second-order valence-electron chi connectivity index (χ2n) is 7.65. The van der Waals surface area contributed by atoms with E-state index in [0.29, 0.717) is 11.8 Å². The Balaban J connectivity index is 1.72. The first-order chi connectivity index (χ1) is 9.56. The highest BCUT2D eigenvalue weighted by Gasteiger charge is 2.67. The zero-order chi connectivity index (χ0) is 14.0. The Hall–Kier alpha value is -0.860. The maximum absolute atomic E-state index is 10.9. The molecule has 3 aliphatic rings. The van der Waals surface area contributed by atoms with Crippen LogP contribution < -0.4 is 0 Å². The SMILES string of the molecule is CC1(C)[C@@H]2C[C@@H]3[C@@H](c4ccccc4)OCC[C@@]3(C2)[C@@H]1O. The van der Waals surface area contributed by atoms with Crippen LogP contribution in [0.2, 0.25) is 0 Å². The number of fused-ring (bicyclic) bond motifs is 1. The van der Waals surface area contributed by atoms with Gasteiger partial charge in [-0.15, -0.1) is 0 Å². The number of benzene rings is 1. The van der Waals surface area contributed by atoms with Crippen LogP contribution in [0.25, 0.3) is 0 Å². The van der Waals surface area contributed by atoms with Crippen LogP contribution in [0.1, 0.15) is 44.8 Å². The topological polar surface area (TPSA) is 29.5 Å². The number of aliphatic hydroxyl groups excluding tert-OH is 1.